The molecule has 0 amide bonds. The second-order valence-electron chi connectivity index (χ2n) is 10.9. The van der Waals surface area contributed by atoms with Crippen LogP contribution in [-0.4, -0.2) is 9.97 Å². The predicted molar refractivity (Wildman–Crippen MR) is 156 cm³/mol. The molecule has 0 radical (unpaired) electrons. The number of fused-ring (bicyclic) bond motifs is 2. The molecule has 2 aliphatic carbocycles. The molecule has 0 unspecified atom stereocenters. The lowest BCUT2D eigenvalue weighted by atomic mass is 9.90. The fourth-order valence-corrected chi connectivity index (χ4v) is 5.69. The highest BCUT2D eigenvalue weighted by Crippen LogP contribution is 2.55. The van der Waals surface area contributed by atoms with Gasteiger partial charge >= 0.3 is 24.7 Å². The first-order chi connectivity index (χ1) is 25.0. The van der Waals surface area contributed by atoms with Crippen LogP contribution in [0.25, 0.3) is 33.4 Å². The molecule has 8 nitrogen and oxygen atoms in total. The molecule has 0 atom stereocenters. The van der Waals surface area contributed by atoms with Crippen molar-refractivity contribution in [3.63, 3.8) is 0 Å². The van der Waals surface area contributed by atoms with E-state index in [4.69, 9.17) is 0 Å². The van der Waals surface area contributed by atoms with Crippen molar-refractivity contribution in [1.29, 1.82) is 31.6 Å². The van der Waals surface area contributed by atoms with Gasteiger partial charge in [0.1, 0.15) is 58.9 Å². The highest BCUT2D eigenvalue weighted by atomic mass is 19.4. The van der Waals surface area contributed by atoms with Gasteiger partial charge in [-0.2, -0.15) is 84.3 Å². The summed E-state index contributed by atoms with van der Waals surface area (Å²) < 4.78 is 166. The molecule has 0 N–H and O–H groups in total. The van der Waals surface area contributed by atoms with Gasteiger partial charge in [-0.25, -0.2) is 9.97 Å². The van der Waals surface area contributed by atoms with Gasteiger partial charge in [0.05, 0.1) is 33.7 Å². The van der Waals surface area contributed by atoms with Gasteiger partial charge in [-0.05, 0) is 47.5 Å². The van der Waals surface area contributed by atoms with Crippen LogP contribution < -0.4 is 0 Å². The van der Waals surface area contributed by atoms with Crippen LogP contribution in [0.5, 0.6) is 0 Å². The van der Waals surface area contributed by atoms with Crippen molar-refractivity contribution >= 4 is 33.4 Å². The fraction of sp³-hybridized carbons (Fsp3) is 0.118. The molecule has 5 rings (SSSR count). The van der Waals surface area contributed by atoms with Crippen LogP contribution in [-0.2, 0) is 24.7 Å². The first-order valence-corrected chi connectivity index (χ1v) is 14.0. The molecule has 0 spiro atoms. The molecule has 0 bridgehead atoms. The van der Waals surface area contributed by atoms with E-state index >= 15 is 0 Å². The van der Waals surface area contributed by atoms with E-state index in [0.717, 1.165) is 12.1 Å². The Kier molecular flexibility index (Phi) is 8.87. The number of halogens is 12. The molecule has 0 saturated carbocycles. The zero-order chi connectivity index (χ0) is 40.3. The van der Waals surface area contributed by atoms with Gasteiger partial charge in [0.15, 0.2) is 0 Å². The Labute approximate surface area is 292 Å². The van der Waals surface area contributed by atoms with E-state index in [2.05, 4.69) is 9.97 Å². The van der Waals surface area contributed by atoms with Crippen molar-refractivity contribution in [3.05, 3.63) is 104 Å². The Bertz CT molecular complexity index is 2330. The number of hydrogen-bond acceptors (Lipinski definition) is 8. The molecule has 3 aromatic rings. The summed E-state index contributed by atoms with van der Waals surface area (Å²) in [6.45, 7) is 0. The minimum absolute atomic E-state index is 0.0961. The summed E-state index contributed by atoms with van der Waals surface area (Å²) in [7, 11) is 0. The van der Waals surface area contributed by atoms with Crippen molar-refractivity contribution < 1.29 is 52.7 Å². The smallest absolute Gasteiger partial charge is 0.243 e. The number of pyridine rings is 2. The number of allylic oxidation sites excluding steroid dienone is 8. The summed E-state index contributed by atoms with van der Waals surface area (Å²) in [5.41, 5.74) is -19.6. The Morgan fingerprint density at radius 1 is 0.426 bits per heavy atom. The summed E-state index contributed by atoms with van der Waals surface area (Å²) in [6.07, 6.45) is -21.9. The van der Waals surface area contributed by atoms with Crippen molar-refractivity contribution in [2.45, 2.75) is 24.7 Å². The molecular formula is C34H6F12N8. The third-order valence-electron chi connectivity index (χ3n) is 7.80. The van der Waals surface area contributed by atoms with Gasteiger partial charge in [0, 0.05) is 33.4 Å². The molecule has 0 fully saturated rings. The Morgan fingerprint density at radius 2 is 0.741 bits per heavy atom. The summed E-state index contributed by atoms with van der Waals surface area (Å²) in [5.74, 6) is 0. The zero-order valence-electron chi connectivity index (χ0n) is 25.6. The van der Waals surface area contributed by atoms with Crippen LogP contribution in [0.15, 0.2) is 47.5 Å². The van der Waals surface area contributed by atoms with Gasteiger partial charge in [-0.3, -0.25) is 0 Å². The standard InChI is InChI=1S/C34H6F12N8/c35-31(36,37)15-1-23(53-25(3-15)33(41,42)43)29-21(11-51)17-5-20-18(6-19(17)27(29)13(7-47)8-48)22(12-52)30(28(20)14(9-49)10-50)24-2-16(32(38,39)40)4-26(54-24)34(44,45)46/h1-6H. The minimum atomic E-state index is -5.51. The second kappa shape index (κ2) is 12.7. The van der Waals surface area contributed by atoms with Crippen molar-refractivity contribution in [1.82, 2.24) is 9.97 Å². The summed E-state index contributed by atoms with van der Waals surface area (Å²) in [5, 5.41) is 59.7. The second-order valence-corrected chi connectivity index (χ2v) is 10.9. The predicted octanol–water partition coefficient (Wildman–Crippen LogP) is 9.05. The number of alkyl halides is 12. The minimum Gasteiger partial charge on any atom is -0.243 e. The molecule has 2 aromatic heterocycles. The highest BCUT2D eigenvalue weighted by Gasteiger charge is 2.43. The van der Waals surface area contributed by atoms with Crippen LogP contribution in [0.1, 0.15) is 56.2 Å². The average molecular weight is 754 g/mol. The first kappa shape index (κ1) is 37.8. The van der Waals surface area contributed by atoms with Crippen molar-refractivity contribution in [2.24, 2.45) is 0 Å². The maximum Gasteiger partial charge on any atom is 0.433 e. The normalized spacial score (nSPS) is 14.0. The van der Waals surface area contributed by atoms with Gasteiger partial charge in [-0.1, -0.05) is 0 Å². The summed E-state index contributed by atoms with van der Waals surface area (Å²) in [6, 6.07) is 9.76. The number of hydrogen-bond donors (Lipinski definition) is 0. The largest absolute Gasteiger partial charge is 0.433 e. The lowest BCUT2D eigenvalue weighted by molar-refractivity contribution is -0.147. The first-order valence-electron chi connectivity index (χ1n) is 14.0. The maximum atomic E-state index is 13.8. The Hall–Kier alpha value is -7.42. The lowest BCUT2D eigenvalue weighted by Crippen LogP contribution is -2.14. The van der Waals surface area contributed by atoms with Crippen LogP contribution in [0, 0.1) is 68.0 Å². The van der Waals surface area contributed by atoms with Crippen LogP contribution in [0.2, 0.25) is 0 Å². The molecule has 0 saturated heterocycles. The average Bonchev–Trinajstić information content (AvgIpc) is 3.58. The number of nitrogens with zero attached hydrogens (tertiary/aromatic N) is 8. The topological polar surface area (TPSA) is 169 Å². The van der Waals surface area contributed by atoms with Gasteiger partial charge in [0.25, 0.3) is 0 Å². The van der Waals surface area contributed by atoms with Gasteiger partial charge in [-0.15, -0.1) is 0 Å². The fourth-order valence-electron chi connectivity index (χ4n) is 5.69. The number of nitriles is 6. The number of benzene rings is 1. The molecule has 2 heterocycles. The van der Waals surface area contributed by atoms with Crippen molar-refractivity contribution in [3.8, 4) is 36.4 Å². The molecule has 54 heavy (non-hydrogen) atoms. The number of aromatic nitrogens is 2. The molecule has 20 heteroatoms. The van der Waals surface area contributed by atoms with E-state index in [1.807, 2.05) is 0 Å². The maximum absolute atomic E-state index is 13.8. The summed E-state index contributed by atoms with van der Waals surface area (Å²) in [4.78, 5) is 6.47. The SMILES string of the molecule is N#CC(C#N)=C1C(c2cc(C(F)(F)F)cc(C(F)(F)F)n2)=C(C#N)c2cc3c(cc21)C(C#N)=C(c1cc(C(F)(F)F)cc(C(F)(F)F)n1)C3=C(C#N)C#N. The van der Waals surface area contributed by atoms with E-state index in [1.54, 1.807) is 0 Å². The summed E-state index contributed by atoms with van der Waals surface area (Å²) >= 11 is 0. The van der Waals surface area contributed by atoms with E-state index in [9.17, 15) is 84.3 Å². The Morgan fingerprint density at radius 3 is 0.981 bits per heavy atom. The highest BCUT2D eigenvalue weighted by molar-refractivity contribution is 6.29. The Balaban J connectivity index is 1.96. The van der Waals surface area contributed by atoms with Crippen LogP contribution in [0.3, 0.4) is 0 Å². The zero-order valence-corrected chi connectivity index (χ0v) is 25.6. The quantitative estimate of drug-likeness (QED) is 0.184. The van der Waals surface area contributed by atoms with Crippen LogP contribution >= 0.6 is 0 Å². The van der Waals surface area contributed by atoms with E-state index in [1.165, 1.54) is 36.4 Å². The molecule has 266 valence electrons. The third kappa shape index (κ3) is 6.23. The van der Waals surface area contributed by atoms with Crippen molar-refractivity contribution in [2.75, 3.05) is 0 Å². The third-order valence-corrected chi connectivity index (χ3v) is 7.80. The molecule has 1 aromatic carbocycles. The molecule has 0 aliphatic heterocycles. The molecular weight excluding hydrogens is 748 g/mol. The van der Waals surface area contributed by atoms with Crippen LogP contribution in [0.4, 0.5) is 52.7 Å². The van der Waals surface area contributed by atoms with E-state index in [-0.39, 0.29) is 24.3 Å². The monoisotopic (exact) mass is 754 g/mol. The lowest BCUT2D eigenvalue weighted by Gasteiger charge is -2.15. The number of rotatable bonds is 2. The van der Waals surface area contributed by atoms with Gasteiger partial charge in [0.2, 0.25) is 0 Å². The van der Waals surface area contributed by atoms with E-state index < -0.39 is 125 Å². The van der Waals surface area contributed by atoms with E-state index in [0.29, 0.717) is 0 Å². The van der Waals surface area contributed by atoms with Gasteiger partial charge < -0.3 is 0 Å². The molecule has 2 aliphatic rings.